The molecule has 0 bridgehead atoms. The van der Waals surface area contributed by atoms with Gasteiger partial charge < -0.3 is 15.8 Å². The summed E-state index contributed by atoms with van der Waals surface area (Å²) in [5.74, 6) is -2.64. The molecule has 0 saturated heterocycles. The van der Waals surface area contributed by atoms with Gasteiger partial charge in [0.25, 0.3) is 0 Å². The van der Waals surface area contributed by atoms with E-state index in [-0.39, 0.29) is 40.1 Å². The van der Waals surface area contributed by atoms with Crippen LogP contribution in [0.15, 0.2) is 18.2 Å². The number of carbonyl (C=O) groups excluding carboxylic acids is 3. The molecule has 1 aromatic carbocycles. The molecular weight excluding hydrogens is 419 g/mol. The van der Waals surface area contributed by atoms with Gasteiger partial charge in [0.2, 0.25) is 11.7 Å². The normalized spacial score (nSPS) is 16.2. The minimum atomic E-state index is -0.792. The second-order valence-electron chi connectivity index (χ2n) is 6.77. The molecule has 1 unspecified atom stereocenters. The number of hydrogen-bond donors (Lipinski definition) is 2. The number of ether oxygens (including phenoxy) is 1. The van der Waals surface area contributed by atoms with E-state index in [1.54, 1.807) is 6.92 Å². The Bertz CT molecular complexity index is 969. The number of rotatable bonds is 6. The second-order valence-corrected chi connectivity index (χ2v) is 8.28. The van der Waals surface area contributed by atoms with Crippen LogP contribution < -0.4 is 11.1 Å². The highest BCUT2D eigenvalue weighted by Gasteiger charge is 2.37. The van der Waals surface area contributed by atoms with Gasteiger partial charge >= 0.3 is 5.97 Å². The Kier molecular flexibility index (Phi) is 6.36. The van der Waals surface area contributed by atoms with E-state index in [1.807, 2.05) is 0 Å². The van der Waals surface area contributed by atoms with Gasteiger partial charge in [0, 0.05) is 4.88 Å². The zero-order valence-electron chi connectivity index (χ0n) is 15.9. The van der Waals surface area contributed by atoms with Crippen molar-refractivity contribution in [1.82, 2.24) is 0 Å². The van der Waals surface area contributed by atoms with Crippen LogP contribution in [0.25, 0.3) is 0 Å². The smallest absolute Gasteiger partial charge is 0.309 e. The lowest BCUT2D eigenvalue weighted by molar-refractivity contribution is -0.147. The van der Waals surface area contributed by atoms with Crippen molar-refractivity contribution in [3.8, 4) is 0 Å². The number of nitrogens with two attached hydrogens (primary N) is 1. The van der Waals surface area contributed by atoms with Crippen molar-refractivity contribution in [3.05, 3.63) is 50.6 Å². The van der Waals surface area contributed by atoms with Crippen molar-refractivity contribution in [2.75, 3.05) is 11.9 Å². The number of esters is 1. The van der Waals surface area contributed by atoms with Crippen LogP contribution in [0.3, 0.4) is 0 Å². The fraction of sp³-hybridized carbons (Fsp3) is 0.350. The molecule has 1 aromatic heterocycles. The number of amides is 1. The van der Waals surface area contributed by atoms with Gasteiger partial charge in [-0.1, -0.05) is 17.7 Å². The maximum absolute atomic E-state index is 14.4. The van der Waals surface area contributed by atoms with Crippen LogP contribution in [0.1, 0.15) is 40.2 Å². The molecule has 1 heterocycles. The number of carbonyl (C=O) groups is 3. The SMILES string of the molecule is CCOC(=O)C1Cc2sc(NC(=O)[C@H](C)N)c(C(=O)c3c(F)cccc3Cl)c2C1. The molecule has 0 spiro atoms. The zero-order valence-corrected chi connectivity index (χ0v) is 17.5. The first-order valence-electron chi connectivity index (χ1n) is 9.10. The summed E-state index contributed by atoms with van der Waals surface area (Å²) in [7, 11) is 0. The monoisotopic (exact) mass is 438 g/mol. The molecule has 154 valence electrons. The largest absolute Gasteiger partial charge is 0.466 e. The molecule has 29 heavy (non-hydrogen) atoms. The Morgan fingerprint density at radius 1 is 1.34 bits per heavy atom. The molecule has 0 aliphatic heterocycles. The molecule has 2 atom stereocenters. The predicted molar refractivity (Wildman–Crippen MR) is 109 cm³/mol. The molecule has 2 aromatic rings. The third kappa shape index (κ3) is 4.19. The lowest BCUT2D eigenvalue weighted by Gasteiger charge is -2.12. The summed E-state index contributed by atoms with van der Waals surface area (Å²) < 4.78 is 19.5. The molecule has 1 aliphatic carbocycles. The Hall–Kier alpha value is -2.29. The minimum Gasteiger partial charge on any atom is -0.466 e. The second kappa shape index (κ2) is 8.61. The van der Waals surface area contributed by atoms with Crippen molar-refractivity contribution in [1.29, 1.82) is 0 Å². The lowest BCUT2D eigenvalue weighted by atomic mass is 9.98. The van der Waals surface area contributed by atoms with Crippen molar-refractivity contribution < 1.29 is 23.5 Å². The maximum Gasteiger partial charge on any atom is 0.309 e. The average molecular weight is 439 g/mol. The fourth-order valence-corrected chi connectivity index (χ4v) is 4.81. The van der Waals surface area contributed by atoms with E-state index in [1.165, 1.54) is 30.4 Å². The molecule has 3 rings (SSSR count). The summed E-state index contributed by atoms with van der Waals surface area (Å²) >= 11 is 7.27. The number of anilines is 1. The quantitative estimate of drug-likeness (QED) is 0.532. The summed E-state index contributed by atoms with van der Waals surface area (Å²) in [6.07, 6.45) is 0.657. The molecule has 9 heteroatoms. The van der Waals surface area contributed by atoms with Crippen LogP contribution in [-0.2, 0) is 27.2 Å². The number of fused-ring (bicyclic) bond motifs is 1. The Morgan fingerprint density at radius 2 is 2.07 bits per heavy atom. The van der Waals surface area contributed by atoms with Gasteiger partial charge in [0.05, 0.1) is 34.7 Å². The highest BCUT2D eigenvalue weighted by Crippen LogP contribution is 2.43. The van der Waals surface area contributed by atoms with Crippen molar-refractivity contribution in [3.63, 3.8) is 0 Å². The van der Waals surface area contributed by atoms with E-state index in [0.29, 0.717) is 12.0 Å². The van der Waals surface area contributed by atoms with Gasteiger partial charge in [-0.15, -0.1) is 11.3 Å². The van der Waals surface area contributed by atoms with Crippen molar-refractivity contribution in [2.24, 2.45) is 11.7 Å². The molecule has 1 aliphatic rings. The fourth-order valence-electron chi connectivity index (χ4n) is 3.26. The first-order valence-corrected chi connectivity index (χ1v) is 10.3. The highest BCUT2D eigenvalue weighted by atomic mass is 35.5. The van der Waals surface area contributed by atoms with E-state index >= 15 is 0 Å². The van der Waals surface area contributed by atoms with Crippen LogP contribution >= 0.6 is 22.9 Å². The predicted octanol–water partition coefficient (Wildman–Crippen LogP) is 3.34. The number of halogens is 2. The molecule has 1 amide bonds. The Labute approximate surface area is 176 Å². The third-order valence-corrected chi connectivity index (χ3v) is 6.14. The molecular formula is C20H20ClFN2O4S. The molecule has 0 fully saturated rings. The molecule has 3 N–H and O–H groups in total. The standard InChI is InChI=1S/C20H20ClFN2O4S/c1-3-28-20(27)10-7-11-14(8-10)29-19(24-18(26)9(2)23)15(11)17(25)16-12(21)5-4-6-13(16)22/h4-6,9-10H,3,7-8,23H2,1-2H3,(H,24,26)/t9-,10?/m0/s1. The maximum atomic E-state index is 14.4. The van der Waals surface area contributed by atoms with Crippen molar-refractivity contribution >= 4 is 45.6 Å². The van der Waals surface area contributed by atoms with E-state index in [9.17, 15) is 18.8 Å². The van der Waals surface area contributed by atoms with E-state index in [0.717, 1.165) is 10.9 Å². The number of ketones is 1. The highest BCUT2D eigenvalue weighted by molar-refractivity contribution is 7.17. The van der Waals surface area contributed by atoms with Gasteiger partial charge in [0.1, 0.15) is 10.8 Å². The summed E-state index contributed by atoms with van der Waals surface area (Å²) in [4.78, 5) is 38.3. The van der Waals surface area contributed by atoms with Gasteiger partial charge in [0.15, 0.2) is 0 Å². The first kappa shape index (κ1) is 21.4. The third-order valence-electron chi connectivity index (χ3n) is 4.66. The van der Waals surface area contributed by atoms with Gasteiger partial charge in [-0.3, -0.25) is 14.4 Å². The summed E-state index contributed by atoms with van der Waals surface area (Å²) in [6, 6.07) is 3.18. The summed E-state index contributed by atoms with van der Waals surface area (Å²) in [6.45, 7) is 3.50. The Balaban J connectivity index is 2.05. The number of nitrogens with one attached hydrogen (secondary N) is 1. The van der Waals surface area contributed by atoms with Gasteiger partial charge in [-0.25, -0.2) is 4.39 Å². The van der Waals surface area contributed by atoms with E-state index in [4.69, 9.17) is 22.1 Å². The molecule has 6 nitrogen and oxygen atoms in total. The minimum absolute atomic E-state index is 0.0284. The topological polar surface area (TPSA) is 98.5 Å². The molecule has 0 radical (unpaired) electrons. The zero-order chi connectivity index (χ0) is 21.3. The molecule has 0 saturated carbocycles. The number of benzene rings is 1. The first-order chi connectivity index (χ1) is 13.7. The van der Waals surface area contributed by atoms with Crippen LogP contribution in [0, 0.1) is 11.7 Å². The average Bonchev–Trinajstić information content (AvgIpc) is 3.18. The van der Waals surface area contributed by atoms with Gasteiger partial charge in [-0.05, 0) is 44.4 Å². The summed E-state index contributed by atoms with van der Waals surface area (Å²) in [5, 5.41) is 2.90. The van der Waals surface area contributed by atoms with E-state index in [2.05, 4.69) is 5.32 Å². The van der Waals surface area contributed by atoms with Gasteiger partial charge in [-0.2, -0.15) is 0 Å². The summed E-state index contributed by atoms with van der Waals surface area (Å²) in [5.41, 5.74) is 6.11. The van der Waals surface area contributed by atoms with Crippen LogP contribution in [0.4, 0.5) is 9.39 Å². The lowest BCUT2D eigenvalue weighted by Crippen LogP contribution is -2.32. The van der Waals surface area contributed by atoms with Crippen LogP contribution in [-0.4, -0.2) is 30.3 Å². The van der Waals surface area contributed by atoms with Crippen LogP contribution in [0.5, 0.6) is 0 Å². The Morgan fingerprint density at radius 3 is 2.69 bits per heavy atom. The van der Waals surface area contributed by atoms with Crippen LogP contribution in [0.2, 0.25) is 5.02 Å². The number of thiophene rings is 1. The number of hydrogen-bond acceptors (Lipinski definition) is 6. The van der Waals surface area contributed by atoms with E-state index < -0.39 is 29.5 Å². The van der Waals surface area contributed by atoms with Crippen molar-refractivity contribution in [2.45, 2.75) is 32.7 Å².